The number of esters is 1. The number of amides is 1. The molecular weight excluding hydrogens is 524 g/mol. The number of hydrogen-bond acceptors (Lipinski definition) is 8. The van der Waals surface area contributed by atoms with Gasteiger partial charge in [0.25, 0.3) is 5.91 Å². The number of aliphatic hydroxyl groups is 1. The molecular formula is C29H19ClN2O7. The highest BCUT2D eigenvalue weighted by molar-refractivity contribution is 6.31. The number of halogens is 1. The number of fused-ring (bicyclic) bond motifs is 1. The van der Waals surface area contributed by atoms with E-state index in [-0.39, 0.29) is 22.7 Å². The molecule has 1 amide bonds. The Hall–Kier alpha value is -5.07. The summed E-state index contributed by atoms with van der Waals surface area (Å²) in [5, 5.41) is 21.0. The minimum absolute atomic E-state index is 0.136. The van der Waals surface area contributed by atoms with Gasteiger partial charge in [0.05, 0.1) is 30.4 Å². The number of ketones is 1. The van der Waals surface area contributed by atoms with Crippen LogP contribution in [0.3, 0.4) is 0 Å². The number of nitriles is 1. The third-order valence-electron chi connectivity index (χ3n) is 6.18. The molecule has 1 aromatic heterocycles. The van der Waals surface area contributed by atoms with Crippen molar-refractivity contribution < 1.29 is 33.4 Å². The molecule has 3 aromatic carbocycles. The van der Waals surface area contributed by atoms with Gasteiger partial charge in [0.15, 0.2) is 22.9 Å². The predicted octanol–water partition coefficient (Wildman–Crippen LogP) is 5.67. The van der Waals surface area contributed by atoms with Gasteiger partial charge in [0.2, 0.25) is 5.78 Å². The number of rotatable bonds is 6. The average Bonchev–Trinajstić information content (AvgIpc) is 3.47. The molecule has 39 heavy (non-hydrogen) atoms. The number of furan rings is 1. The van der Waals surface area contributed by atoms with Crippen LogP contribution in [0, 0.1) is 11.3 Å². The highest BCUT2D eigenvalue weighted by Crippen LogP contribution is 2.43. The number of benzene rings is 3. The molecule has 9 nitrogen and oxygen atoms in total. The lowest BCUT2D eigenvalue weighted by Gasteiger charge is -2.27. The Bertz CT molecular complexity index is 1710. The molecule has 1 aliphatic heterocycles. The normalized spacial score (nSPS) is 15.0. The van der Waals surface area contributed by atoms with Crippen LogP contribution in [0.25, 0.3) is 11.0 Å². The van der Waals surface area contributed by atoms with Gasteiger partial charge in [-0.3, -0.25) is 19.3 Å². The summed E-state index contributed by atoms with van der Waals surface area (Å²) in [4.78, 5) is 39.8. The van der Waals surface area contributed by atoms with Gasteiger partial charge in [-0.15, -0.1) is 0 Å². The summed E-state index contributed by atoms with van der Waals surface area (Å²) in [5.74, 6) is -2.34. The molecule has 1 unspecified atom stereocenters. The lowest BCUT2D eigenvalue weighted by Crippen LogP contribution is -2.31. The molecule has 0 bridgehead atoms. The van der Waals surface area contributed by atoms with Crippen molar-refractivity contribution in [3.8, 4) is 17.6 Å². The fourth-order valence-corrected chi connectivity index (χ4v) is 4.70. The minimum atomic E-state index is -1.07. The fraction of sp³-hybridized carbons (Fsp3) is 0.103. The summed E-state index contributed by atoms with van der Waals surface area (Å²) in [7, 11) is 1.43. The van der Waals surface area contributed by atoms with Crippen molar-refractivity contribution in [2.75, 3.05) is 12.0 Å². The first-order valence-electron chi connectivity index (χ1n) is 11.6. The Balaban J connectivity index is 1.64. The van der Waals surface area contributed by atoms with Crippen molar-refractivity contribution in [2.45, 2.75) is 13.0 Å². The van der Waals surface area contributed by atoms with Crippen LogP contribution in [0.1, 0.15) is 34.6 Å². The average molecular weight is 543 g/mol. The smallest absolute Gasteiger partial charge is 0.308 e. The predicted molar refractivity (Wildman–Crippen MR) is 141 cm³/mol. The number of Topliss-reactive ketones (excluding diaryl/α,β-unsaturated/α-hetero) is 1. The van der Waals surface area contributed by atoms with E-state index in [0.717, 1.165) is 0 Å². The van der Waals surface area contributed by atoms with E-state index in [1.807, 2.05) is 6.07 Å². The van der Waals surface area contributed by atoms with E-state index < -0.39 is 29.5 Å². The molecule has 1 N–H and O–H groups in total. The van der Waals surface area contributed by atoms with Crippen molar-refractivity contribution in [1.82, 2.24) is 0 Å². The Kier molecular flexibility index (Phi) is 6.56. The molecule has 5 rings (SSSR count). The summed E-state index contributed by atoms with van der Waals surface area (Å²) in [6, 6.07) is 17.9. The van der Waals surface area contributed by atoms with Crippen molar-refractivity contribution in [3.63, 3.8) is 0 Å². The van der Waals surface area contributed by atoms with E-state index in [4.69, 9.17) is 25.5 Å². The zero-order valence-electron chi connectivity index (χ0n) is 20.6. The lowest BCUT2D eigenvalue weighted by molar-refractivity contribution is -0.131. The van der Waals surface area contributed by atoms with Crippen LogP contribution >= 0.6 is 11.6 Å². The molecule has 0 spiro atoms. The summed E-state index contributed by atoms with van der Waals surface area (Å²) in [5.41, 5.74) is 1.24. The summed E-state index contributed by atoms with van der Waals surface area (Å²) in [6.45, 7) is 1.27. The SMILES string of the molecule is COc1cc(Cl)cc2cc(C(=O)C3=C(O)C(=O)N(c4ccc(C#N)cc4)C3c3ccc(OC(C)=O)cc3)oc12. The number of aliphatic hydroxyl groups excluding tert-OH is 1. The summed E-state index contributed by atoms with van der Waals surface area (Å²) < 4.78 is 16.2. The standard InChI is InChI=1S/C29H19ClN2O7/c1-15(33)38-21-9-5-17(6-10-21)25-24(27(35)29(36)32(25)20-7-3-16(14-31)4-8-20)26(34)22-12-18-11-19(30)13-23(37-2)28(18)39-22/h3-13,25,35H,1-2H3. The largest absolute Gasteiger partial charge is 0.503 e. The van der Waals surface area contributed by atoms with Gasteiger partial charge in [0, 0.05) is 29.1 Å². The maximum absolute atomic E-state index is 13.9. The fourth-order valence-electron chi connectivity index (χ4n) is 4.48. The van der Waals surface area contributed by atoms with E-state index in [1.165, 1.54) is 55.3 Å². The molecule has 0 saturated heterocycles. The van der Waals surface area contributed by atoms with Crippen LogP contribution in [0.15, 0.2) is 82.5 Å². The van der Waals surface area contributed by atoms with E-state index in [2.05, 4.69) is 0 Å². The lowest BCUT2D eigenvalue weighted by atomic mass is 9.94. The Morgan fingerprint density at radius 1 is 1.08 bits per heavy atom. The second kappa shape index (κ2) is 10.0. The van der Waals surface area contributed by atoms with Crippen LogP contribution in [0.4, 0.5) is 5.69 Å². The maximum Gasteiger partial charge on any atom is 0.308 e. The Labute approximate surface area is 227 Å². The number of ether oxygens (including phenoxy) is 2. The van der Waals surface area contributed by atoms with Gasteiger partial charge in [-0.25, -0.2) is 0 Å². The zero-order chi connectivity index (χ0) is 27.8. The number of anilines is 1. The summed E-state index contributed by atoms with van der Waals surface area (Å²) in [6.07, 6.45) is 0. The van der Waals surface area contributed by atoms with E-state index in [9.17, 15) is 24.8 Å². The minimum Gasteiger partial charge on any atom is -0.503 e. The quantitative estimate of drug-likeness (QED) is 0.187. The van der Waals surface area contributed by atoms with Gasteiger partial charge >= 0.3 is 5.97 Å². The van der Waals surface area contributed by atoms with Crippen LogP contribution in [-0.4, -0.2) is 29.9 Å². The van der Waals surface area contributed by atoms with Crippen LogP contribution in [0.2, 0.25) is 5.02 Å². The first-order valence-corrected chi connectivity index (χ1v) is 12.0. The van der Waals surface area contributed by atoms with E-state index in [0.29, 0.717) is 33.0 Å². The molecule has 0 aliphatic carbocycles. The van der Waals surface area contributed by atoms with Gasteiger partial charge in [-0.05, 0) is 54.1 Å². The van der Waals surface area contributed by atoms with Crippen molar-refractivity contribution in [1.29, 1.82) is 5.26 Å². The topological polar surface area (TPSA) is 130 Å². The van der Waals surface area contributed by atoms with Crippen molar-refractivity contribution in [2.24, 2.45) is 0 Å². The number of hydrogen-bond donors (Lipinski definition) is 1. The first-order chi connectivity index (χ1) is 18.7. The molecule has 0 radical (unpaired) electrons. The highest BCUT2D eigenvalue weighted by Gasteiger charge is 2.45. The van der Waals surface area contributed by atoms with Crippen molar-refractivity contribution >= 4 is 45.9 Å². The molecule has 1 atom stereocenters. The van der Waals surface area contributed by atoms with Gasteiger partial charge < -0.3 is 19.0 Å². The van der Waals surface area contributed by atoms with Crippen LogP contribution < -0.4 is 14.4 Å². The van der Waals surface area contributed by atoms with E-state index in [1.54, 1.807) is 30.3 Å². The van der Waals surface area contributed by atoms with Crippen LogP contribution in [-0.2, 0) is 9.59 Å². The zero-order valence-corrected chi connectivity index (χ0v) is 21.4. The number of carbonyl (C=O) groups excluding carboxylic acids is 3. The summed E-state index contributed by atoms with van der Waals surface area (Å²) >= 11 is 6.16. The monoisotopic (exact) mass is 542 g/mol. The second-order valence-electron chi connectivity index (χ2n) is 8.63. The van der Waals surface area contributed by atoms with Gasteiger partial charge in [-0.1, -0.05) is 23.7 Å². The number of methoxy groups -OCH3 is 1. The highest BCUT2D eigenvalue weighted by atomic mass is 35.5. The second-order valence-corrected chi connectivity index (χ2v) is 9.06. The number of carbonyl (C=O) groups is 3. The molecule has 4 aromatic rings. The first kappa shape index (κ1) is 25.6. The van der Waals surface area contributed by atoms with Gasteiger partial charge in [-0.2, -0.15) is 5.26 Å². The molecule has 194 valence electrons. The van der Waals surface area contributed by atoms with Gasteiger partial charge in [0.1, 0.15) is 5.75 Å². The molecule has 0 fully saturated rings. The third kappa shape index (κ3) is 4.58. The molecule has 1 aliphatic rings. The molecule has 2 heterocycles. The Morgan fingerprint density at radius 2 is 1.77 bits per heavy atom. The Morgan fingerprint density at radius 3 is 2.38 bits per heavy atom. The third-order valence-corrected chi connectivity index (χ3v) is 6.39. The van der Waals surface area contributed by atoms with Crippen LogP contribution in [0.5, 0.6) is 11.5 Å². The maximum atomic E-state index is 13.9. The molecule has 0 saturated carbocycles. The van der Waals surface area contributed by atoms with Crippen molar-refractivity contribution in [3.05, 3.63) is 100.0 Å². The van der Waals surface area contributed by atoms with E-state index >= 15 is 0 Å². The molecule has 10 heteroatoms. The number of nitrogens with zero attached hydrogens (tertiary/aromatic N) is 2.